The van der Waals surface area contributed by atoms with Gasteiger partial charge in [-0.25, -0.2) is 9.38 Å². The van der Waals surface area contributed by atoms with E-state index in [2.05, 4.69) is 25.7 Å². The second-order valence-corrected chi connectivity index (χ2v) is 8.74. The molecule has 1 aromatic carbocycles. The topological polar surface area (TPSA) is 79.6 Å². The van der Waals surface area contributed by atoms with E-state index >= 15 is 0 Å². The Kier molecular flexibility index (Phi) is 9.45. The van der Waals surface area contributed by atoms with Gasteiger partial charge in [0.15, 0.2) is 11.8 Å². The Bertz CT molecular complexity index is 925. The van der Waals surface area contributed by atoms with E-state index in [4.69, 9.17) is 9.73 Å². The number of benzene rings is 1. The number of aliphatic imine (C=N–C) groups is 1. The number of guanidine groups is 1. The fraction of sp³-hybridized carbons (Fsp3) is 0.609. The molecule has 0 bridgehead atoms. The molecule has 0 unspecified atom stereocenters. The van der Waals surface area contributed by atoms with Crippen LogP contribution in [-0.4, -0.2) is 71.6 Å². The molecule has 0 amide bonds. The molecular formula is C23H35FIN7O. The molecule has 2 heterocycles. The van der Waals surface area contributed by atoms with Crippen molar-refractivity contribution in [2.24, 2.45) is 12.0 Å². The van der Waals surface area contributed by atoms with Crippen molar-refractivity contribution < 1.29 is 9.13 Å². The normalized spacial score (nSPS) is 18.0. The van der Waals surface area contributed by atoms with Crippen molar-refractivity contribution in [3.8, 4) is 0 Å². The number of nitrogens with zero attached hydrogens (tertiary/aromatic N) is 5. The monoisotopic (exact) mass is 571 g/mol. The molecule has 10 heteroatoms. The van der Waals surface area contributed by atoms with Gasteiger partial charge in [-0.2, -0.15) is 0 Å². The highest BCUT2D eigenvalue weighted by Gasteiger charge is 2.45. The van der Waals surface area contributed by atoms with E-state index in [1.807, 2.05) is 30.7 Å². The van der Waals surface area contributed by atoms with E-state index in [1.54, 1.807) is 12.1 Å². The largest absolute Gasteiger partial charge is 0.379 e. The number of aryl methyl sites for hydroxylation is 1. The molecule has 0 spiro atoms. The minimum Gasteiger partial charge on any atom is -0.379 e. The summed E-state index contributed by atoms with van der Waals surface area (Å²) in [6.07, 6.45) is 2.98. The SMILES string of the molecule is Cc1nnc(CN=C(NCCCN2CCOCC2)NCC2(c3ccccc3F)CC2)n1C.I. The number of rotatable bonds is 9. The molecule has 0 radical (unpaired) electrons. The first-order chi connectivity index (χ1) is 15.6. The lowest BCUT2D eigenvalue weighted by molar-refractivity contribution is 0.0376. The lowest BCUT2D eigenvalue weighted by atomic mass is 9.95. The van der Waals surface area contributed by atoms with Crippen LogP contribution in [-0.2, 0) is 23.7 Å². The Labute approximate surface area is 212 Å². The number of aromatic nitrogens is 3. The van der Waals surface area contributed by atoms with Gasteiger partial charge in [-0.05, 0) is 44.4 Å². The fourth-order valence-electron chi connectivity index (χ4n) is 4.08. The maximum atomic E-state index is 14.4. The van der Waals surface area contributed by atoms with Crippen molar-refractivity contribution in [2.75, 3.05) is 45.9 Å². The maximum Gasteiger partial charge on any atom is 0.191 e. The summed E-state index contributed by atoms with van der Waals surface area (Å²) < 4.78 is 21.7. The van der Waals surface area contributed by atoms with Gasteiger partial charge in [0.05, 0.1) is 13.2 Å². The molecule has 2 fully saturated rings. The first kappa shape index (κ1) is 25.8. The molecule has 1 aliphatic carbocycles. The van der Waals surface area contributed by atoms with Gasteiger partial charge >= 0.3 is 0 Å². The fourth-order valence-corrected chi connectivity index (χ4v) is 4.08. The van der Waals surface area contributed by atoms with E-state index in [1.165, 1.54) is 0 Å². The second kappa shape index (κ2) is 12.1. The molecule has 1 saturated heterocycles. The Morgan fingerprint density at radius 1 is 1.18 bits per heavy atom. The lowest BCUT2D eigenvalue weighted by Gasteiger charge is -2.26. The molecule has 8 nitrogen and oxygen atoms in total. The van der Waals surface area contributed by atoms with Gasteiger partial charge in [0.25, 0.3) is 0 Å². The molecular weight excluding hydrogens is 536 g/mol. The van der Waals surface area contributed by atoms with E-state index in [-0.39, 0.29) is 35.2 Å². The summed E-state index contributed by atoms with van der Waals surface area (Å²) in [6.45, 7) is 8.48. The third-order valence-electron chi connectivity index (χ3n) is 6.50. The van der Waals surface area contributed by atoms with Crippen LogP contribution in [0.2, 0.25) is 0 Å². The van der Waals surface area contributed by atoms with E-state index in [0.717, 1.165) is 81.8 Å². The number of hydrogen-bond donors (Lipinski definition) is 2. The van der Waals surface area contributed by atoms with Crippen LogP contribution in [0.3, 0.4) is 0 Å². The molecule has 182 valence electrons. The van der Waals surface area contributed by atoms with Gasteiger partial charge < -0.3 is 19.9 Å². The van der Waals surface area contributed by atoms with Crippen molar-refractivity contribution >= 4 is 29.9 Å². The van der Waals surface area contributed by atoms with E-state index in [9.17, 15) is 4.39 Å². The Balaban J connectivity index is 0.00000306. The first-order valence-electron chi connectivity index (χ1n) is 11.5. The Hall–Kier alpha value is -1.79. The van der Waals surface area contributed by atoms with E-state index in [0.29, 0.717) is 13.1 Å². The minimum absolute atomic E-state index is 0. The summed E-state index contributed by atoms with van der Waals surface area (Å²) in [4.78, 5) is 7.17. The Morgan fingerprint density at radius 2 is 1.94 bits per heavy atom. The van der Waals surface area contributed by atoms with Crippen LogP contribution in [0.5, 0.6) is 0 Å². The number of morpholine rings is 1. The summed E-state index contributed by atoms with van der Waals surface area (Å²) in [5.74, 6) is 2.28. The van der Waals surface area contributed by atoms with Gasteiger partial charge in [0.2, 0.25) is 0 Å². The van der Waals surface area contributed by atoms with Crippen LogP contribution >= 0.6 is 24.0 Å². The summed E-state index contributed by atoms with van der Waals surface area (Å²) in [6, 6.07) is 7.10. The van der Waals surface area contributed by atoms with Crippen LogP contribution in [0.15, 0.2) is 29.3 Å². The molecule has 4 rings (SSSR count). The maximum absolute atomic E-state index is 14.4. The highest BCUT2D eigenvalue weighted by atomic mass is 127. The van der Waals surface area contributed by atoms with Crippen LogP contribution < -0.4 is 10.6 Å². The van der Waals surface area contributed by atoms with Crippen LogP contribution in [0.1, 0.15) is 36.5 Å². The number of ether oxygens (including phenoxy) is 1. The molecule has 1 aromatic heterocycles. The molecule has 0 atom stereocenters. The number of nitrogens with one attached hydrogen (secondary N) is 2. The van der Waals surface area contributed by atoms with Crippen molar-refractivity contribution in [3.63, 3.8) is 0 Å². The zero-order valence-electron chi connectivity index (χ0n) is 19.5. The molecule has 2 N–H and O–H groups in total. The summed E-state index contributed by atoms with van der Waals surface area (Å²) >= 11 is 0. The predicted molar refractivity (Wildman–Crippen MR) is 137 cm³/mol. The third-order valence-corrected chi connectivity index (χ3v) is 6.50. The average Bonchev–Trinajstić information content (AvgIpc) is 3.53. The van der Waals surface area contributed by atoms with Gasteiger partial charge in [-0.1, -0.05) is 18.2 Å². The summed E-state index contributed by atoms with van der Waals surface area (Å²) in [5, 5.41) is 15.2. The summed E-state index contributed by atoms with van der Waals surface area (Å²) in [5.41, 5.74) is 0.645. The first-order valence-corrected chi connectivity index (χ1v) is 11.5. The van der Waals surface area contributed by atoms with Crippen LogP contribution in [0.25, 0.3) is 0 Å². The van der Waals surface area contributed by atoms with Gasteiger partial charge in [-0.3, -0.25) is 4.90 Å². The molecule has 2 aliphatic rings. The van der Waals surface area contributed by atoms with Crippen LogP contribution in [0, 0.1) is 12.7 Å². The van der Waals surface area contributed by atoms with Gasteiger partial charge in [0, 0.05) is 38.6 Å². The minimum atomic E-state index is -0.150. The zero-order valence-corrected chi connectivity index (χ0v) is 21.8. The Morgan fingerprint density at radius 3 is 2.61 bits per heavy atom. The number of halogens is 2. The van der Waals surface area contributed by atoms with Crippen molar-refractivity contribution in [2.45, 2.75) is 38.1 Å². The van der Waals surface area contributed by atoms with Crippen molar-refractivity contribution in [1.82, 2.24) is 30.3 Å². The van der Waals surface area contributed by atoms with Crippen LogP contribution in [0.4, 0.5) is 4.39 Å². The smallest absolute Gasteiger partial charge is 0.191 e. The zero-order chi connectivity index (χ0) is 22.4. The van der Waals surface area contributed by atoms with Gasteiger partial charge in [-0.15, -0.1) is 34.2 Å². The molecule has 33 heavy (non-hydrogen) atoms. The average molecular weight is 571 g/mol. The van der Waals surface area contributed by atoms with Crippen molar-refractivity contribution in [3.05, 3.63) is 47.3 Å². The standard InChI is InChI=1S/C23H34FN7O.HI/c1-18-28-29-21(30(18)2)16-26-22(25-10-5-11-31-12-14-32-15-13-31)27-17-23(8-9-23)19-6-3-4-7-20(19)24;/h3-4,6-7H,5,8-17H2,1-2H3,(H2,25,26,27);1H. The molecule has 1 aliphatic heterocycles. The van der Waals surface area contributed by atoms with E-state index < -0.39 is 0 Å². The van der Waals surface area contributed by atoms with Crippen molar-refractivity contribution in [1.29, 1.82) is 0 Å². The summed E-state index contributed by atoms with van der Waals surface area (Å²) in [7, 11) is 1.94. The highest BCUT2D eigenvalue weighted by molar-refractivity contribution is 14.0. The number of hydrogen-bond acceptors (Lipinski definition) is 5. The predicted octanol–water partition coefficient (Wildman–Crippen LogP) is 2.37. The van der Waals surface area contributed by atoms with Gasteiger partial charge in [0.1, 0.15) is 18.2 Å². The quantitative estimate of drug-likeness (QED) is 0.208. The lowest BCUT2D eigenvalue weighted by Crippen LogP contribution is -2.43. The third kappa shape index (κ3) is 6.86. The highest BCUT2D eigenvalue weighted by Crippen LogP contribution is 2.48. The molecule has 1 saturated carbocycles. The molecule has 2 aromatic rings. The second-order valence-electron chi connectivity index (χ2n) is 8.74.